The van der Waals surface area contributed by atoms with E-state index in [1.165, 1.54) is 7.11 Å². The number of amides is 1. The van der Waals surface area contributed by atoms with Gasteiger partial charge in [-0.2, -0.15) is 0 Å². The Kier molecular flexibility index (Phi) is 7.81. The van der Waals surface area contributed by atoms with E-state index >= 15 is 0 Å². The number of nitrogens with one attached hydrogen (secondary N) is 2. The average Bonchev–Trinajstić information content (AvgIpc) is 2.81. The van der Waals surface area contributed by atoms with E-state index < -0.39 is 0 Å². The number of methoxy groups -OCH3 is 2. The largest absolute Gasteiger partial charge is 0.497 e. The van der Waals surface area contributed by atoms with Crippen LogP contribution in [-0.4, -0.2) is 32.6 Å². The van der Waals surface area contributed by atoms with Gasteiger partial charge in [0.2, 0.25) is 0 Å². The van der Waals surface area contributed by atoms with Crippen LogP contribution in [0.3, 0.4) is 0 Å². The molecule has 7 heteroatoms. The SMILES string of the molecule is COC(=O)CN[C@@H](c1ccccc1)c1cc(Br)ccc1NC(=O)c1ccc(OC)cc1. The monoisotopic (exact) mass is 482 g/mol. The summed E-state index contributed by atoms with van der Waals surface area (Å²) in [6.07, 6.45) is 0. The van der Waals surface area contributed by atoms with Crippen molar-refractivity contribution in [2.45, 2.75) is 6.04 Å². The van der Waals surface area contributed by atoms with E-state index in [1.54, 1.807) is 31.4 Å². The van der Waals surface area contributed by atoms with Gasteiger partial charge in [-0.05, 0) is 53.6 Å². The Labute approximate surface area is 189 Å². The van der Waals surface area contributed by atoms with E-state index in [4.69, 9.17) is 9.47 Å². The Morgan fingerprint density at radius 1 is 0.968 bits per heavy atom. The predicted octanol–water partition coefficient (Wildman–Crippen LogP) is 4.56. The number of hydrogen-bond donors (Lipinski definition) is 2. The van der Waals surface area contributed by atoms with Gasteiger partial charge in [-0.15, -0.1) is 0 Å². The second kappa shape index (κ2) is 10.7. The molecule has 3 rings (SSSR count). The van der Waals surface area contributed by atoms with Crippen molar-refractivity contribution in [3.05, 3.63) is 94.0 Å². The molecule has 0 saturated carbocycles. The molecule has 0 aromatic heterocycles. The number of carbonyl (C=O) groups is 2. The van der Waals surface area contributed by atoms with Gasteiger partial charge >= 0.3 is 5.97 Å². The van der Waals surface area contributed by atoms with E-state index in [-0.39, 0.29) is 24.5 Å². The van der Waals surface area contributed by atoms with Crippen molar-refractivity contribution in [2.24, 2.45) is 0 Å². The smallest absolute Gasteiger partial charge is 0.319 e. The van der Waals surface area contributed by atoms with Gasteiger partial charge in [0.25, 0.3) is 5.91 Å². The zero-order valence-electron chi connectivity index (χ0n) is 17.2. The van der Waals surface area contributed by atoms with Crippen molar-refractivity contribution < 1.29 is 19.1 Å². The van der Waals surface area contributed by atoms with Crippen LogP contribution in [0.15, 0.2) is 77.3 Å². The summed E-state index contributed by atoms with van der Waals surface area (Å²) in [4.78, 5) is 24.6. The first-order valence-corrected chi connectivity index (χ1v) is 10.4. The van der Waals surface area contributed by atoms with Gasteiger partial charge in [-0.3, -0.25) is 14.9 Å². The number of ether oxygens (including phenoxy) is 2. The van der Waals surface area contributed by atoms with Crippen LogP contribution in [0.5, 0.6) is 5.75 Å². The van der Waals surface area contributed by atoms with Gasteiger partial charge in [0, 0.05) is 15.7 Å². The second-order valence-corrected chi connectivity index (χ2v) is 7.63. The van der Waals surface area contributed by atoms with Crippen LogP contribution in [0.2, 0.25) is 0 Å². The maximum absolute atomic E-state index is 12.9. The molecule has 0 fully saturated rings. The molecule has 2 N–H and O–H groups in total. The molecule has 3 aromatic carbocycles. The molecule has 31 heavy (non-hydrogen) atoms. The maximum Gasteiger partial charge on any atom is 0.319 e. The van der Waals surface area contributed by atoms with E-state index in [0.717, 1.165) is 15.6 Å². The Balaban J connectivity index is 1.94. The van der Waals surface area contributed by atoms with Gasteiger partial charge in [0.1, 0.15) is 5.75 Å². The van der Waals surface area contributed by atoms with Crippen molar-refractivity contribution in [1.29, 1.82) is 0 Å². The molecular formula is C24H23BrN2O4. The van der Waals surface area contributed by atoms with Crippen LogP contribution in [0, 0.1) is 0 Å². The van der Waals surface area contributed by atoms with Gasteiger partial charge in [-0.25, -0.2) is 0 Å². The minimum Gasteiger partial charge on any atom is -0.497 e. The zero-order chi connectivity index (χ0) is 22.2. The minimum absolute atomic E-state index is 0.0223. The lowest BCUT2D eigenvalue weighted by Gasteiger charge is -2.23. The first-order chi connectivity index (χ1) is 15.0. The molecule has 160 valence electrons. The van der Waals surface area contributed by atoms with Crippen LogP contribution in [0.4, 0.5) is 5.69 Å². The van der Waals surface area contributed by atoms with Crippen LogP contribution in [0.25, 0.3) is 0 Å². The molecule has 0 heterocycles. The third-order valence-corrected chi connectivity index (χ3v) is 5.23. The normalized spacial score (nSPS) is 11.5. The van der Waals surface area contributed by atoms with Crippen LogP contribution < -0.4 is 15.4 Å². The summed E-state index contributed by atoms with van der Waals surface area (Å²) in [5.74, 6) is 0.0581. The molecule has 1 atom stereocenters. The fraction of sp³-hybridized carbons (Fsp3) is 0.167. The fourth-order valence-corrected chi connectivity index (χ4v) is 3.51. The number of halogens is 1. The zero-order valence-corrected chi connectivity index (χ0v) is 18.8. The highest BCUT2D eigenvalue weighted by Crippen LogP contribution is 2.31. The molecule has 0 aliphatic heterocycles. The molecule has 0 bridgehead atoms. The molecular weight excluding hydrogens is 460 g/mol. The third kappa shape index (κ3) is 5.93. The van der Waals surface area contributed by atoms with E-state index in [0.29, 0.717) is 17.0 Å². The number of hydrogen-bond acceptors (Lipinski definition) is 5. The molecule has 0 unspecified atom stereocenters. The lowest BCUT2D eigenvalue weighted by atomic mass is 9.96. The molecule has 6 nitrogen and oxygen atoms in total. The summed E-state index contributed by atoms with van der Waals surface area (Å²) in [6.45, 7) is 0.0223. The van der Waals surface area contributed by atoms with Gasteiger partial charge in [-0.1, -0.05) is 46.3 Å². The second-order valence-electron chi connectivity index (χ2n) is 6.71. The lowest BCUT2D eigenvalue weighted by molar-refractivity contribution is -0.139. The van der Waals surface area contributed by atoms with E-state index in [9.17, 15) is 9.59 Å². The number of anilines is 1. The highest BCUT2D eigenvalue weighted by molar-refractivity contribution is 9.10. The summed E-state index contributed by atoms with van der Waals surface area (Å²) < 4.78 is 10.8. The lowest BCUT2D eigenvalue weighted by Crippen LogP contribution is -2.30. The molecule has 0 aliphatic rings. The Bertz CT molecular complexity index is 1040. The fourth-order valence-electron chi connectivity index (χ4n) is 3.13. The highest BCUT2D eigenvalue weighted by Gasteiger charge is 2.20. The van der Waals surface area contributed by atoms with Gasteiger partial charge in [0.05, 0.1) is 26.8 Å². The number of benzene rings is 3. The summed E-state index contributed by atoms with van der Waals surface area (Å²) in [6, 6.07) is 21.9. The van der Waals surface area contributed by atoms with Gasteiger partial charge < -0.3 is 14.8 Å². The Morgan fingerprint density at radius 2 is 1.68 bits per heavy atom. The van der Waals surface area contributed by atoms with Crippen LogP contribution in [-0.2, 0) is 9.53 Å². The number of carbonyl (C=O) groups excluding carboxylic acids is 2. The van der Waals surface area contributed by atoms with Crippen LogP contribution in [0.1, 0.15) is 27.5 Å². The van der Waals surface area contributed by atoms with Crippen molar-refractivity contribution in [1.82, 2.24) is 5.32 Å². The van der Waals surface area contributed by atoms with Crippen molar-refractivity contribution >= 4 is 33.5 Å². The van der Waals surface area contributed by atoms with Crippen LogP contribution >= 0.6 is 15.9 Å². The molecule has 0 radical (unpaired) electrons. The molecule has 3 aromatic rings. The Hall–Kier alpha value is -3.16. The molecule has 0 aliphatic carbocycles. The third-order valence-electron chi connectivity index (χ3n) is 4.74. The summed E-state index contributed by atoms with van der Waals surface area (Å²) >= 11 is 3.51. The van der Waals surface area contributed by atoms with Crippen molar-refractivity contribution in [2.75, 3.05) is 26.1 Å². The predicted molar refractivity (Wildman–Crippen MR) is 123 cm³/mol. The maximum atomic E-state index is 12.9. The molecule has 0 spiro atoms. The summed E-state index contributed by atoms with van der Waals surface area (Å²) in [7, 11) is 2.93. The standard InChI is InChI=1S/C24H23BrN2O4/c1-30-19-11-8-17(9-12-19)24(29)27-21-13-10-18(25)14-20(21)23(26-15-22(28)31-2)16-6-4-3-5-7-16/h3-14,23,26H,15H2,1-2H3,(H,27,29)/t23-/m0/s1. The number of esters is 1. The van der Waals surface area contributed by atoms with E-state index in [2.05, 4.69) is 26.6 Å². The van der Waals surface area contributed by atoms with Crippen molar-refractivity contribution in [3.63, 3.8) is 0 Å². The minimum atomic E-state index is -0.375. The quantitative estimate of drug-likeness (QED) is 0.460. The number of rotatable bonds is 8. The first-order valence-electron chi connectivity index (χ1n) is 9.62. The summed E-state index contributed by atoms with van der Waals surface area (Å²) in [5.41, 5.74) is 2.90. The molecule has 0 saturated heterocycles. The van der Waals surface area contributed by atoms with Crippen molar-refractivity contribution in [3.8, 4) is 5.75 Å². The van der Waals surface area contributed by atoms with E-state index in [1.807, 2.05) is 48.5 Å². The topological polar surface area (TPSA) is 76.7 Å². The first kappa shape index (κ1) is 22.5. The highest BCUT2D eigenvalue weighted by atomic mass is 79.9. The Morgan fingerprint density at radius 3 is 2.32 bits per heavy atom. The average molecular weight is 483 g/mol. The van der Waals surface area contributed by atoms with Gasteiger partial charge in [0.15, 0.2) is 0 Å². The molecule has 1 amide bonds. The summed E-state index contributed by atoms with van der Waals surface area (Å²) in [5, 5.41) is 6.22.